The number of rotatable bonds is 3. The third-order valence-corrected chi connectivity index (χ3v) is 4.58. The van der Waals surface area contributed by atoms with Gasteiger partial charge in [-0.05, 0) is 34.1 Å². The van der Waals surface area contributed by atoms with Crippen LogP contribution in [-0.2, 0) is 0 Å². The Hall–Kier alpha value is -1.91. The third-order valence-electron chi connectivity index (χ3n) is 2.95. The molecule has 1 aromatic heterocycles. The lowest BCUT2D eigenvalue weighted by atomic mass is 10.2. The van der Waals surface area contributed by atoms with E-state index in [2.05, 4.69) is 37.1 Å². The SMILES string of the molecule is C#CCNc1nc(N2CSc3ccc(N)cc32)ncc1Br. The van der Waals surface area contributed by atoms with E-state index >= 15 is 0 Å². The van der Waals surface area contributed by atoms with Crippen molar-refractivity contribution >= 4 is 50.8 Å². The number of halogens is 1. The number of nitrogens with one attached hydrogen (secondary N) is 1. The van der Waals surface area contributed by atoms with Crippen LogP contribution in [-0.4, -0.2) is 22.4 Å². The topological polar surface area (TPSA) is 67.1 Å². The number of terminal acetylenes is 1. The molecule has 0 amide bonds. The van der Waals surface area contributed by atoms with Crippen LogP contribution in [0.2, 0.25) is 0 Å². The molecule has 2 heterocycles. The molecular formula is C14H12BrN5S. The van der Waals surface area contributed by atoms with Crippen LogP contribution in [0.15, 0.2) is 33.8 Å². The Morgan fingerprint density at radius 1 is 1.52 bits per heavy atom. The first-order valence-corrected chi connectivity index (χ1v) is 7.96. The van der Waals surface area contributed by atoms with Gasteiger partial charge in [0.2, 0.25) is 5.95 Å². The first-order chi connectivity index (χ1) is 10.2. The molecule has 0 radical (unpaired) electrons. The van der Waals surface area contributed by atoms with Crippen LogP contribution in [0.25, 0.3) is 0 Å². The van der Waals surface area contributed by atoms with Gasteiger partial charge >= 0.3 is 0 Å². The largest absolute Gasteiger partial charge is 0.399 e. The highest BCUT2D eigenvalue weighted by molar-refractivity contribution is 9.10. The number of anilines is 4. The molecule has 3 N–H and O–H groups in total. The maximum Gasteiger partial charge on any atom is 0.232 e. The van der Waals surface area contributed by atoms with E-state index in [0.29, 0.717) is 18.3 Å². The van der Waals surface area contributed by atoms with Crippen molar-refractivity contribution in [3.63, 3.8) is 0 Å². The quantitative estimate of drug-likeness (QED) is 0.646. The lowest BCUT2D eigenvalue weighted by Gasteiger charge is -2.17. The van der Waals surface area contributed by atoms with Crippen LogP contribution >= 0.6 is 27.7 Å². The molecule has 0 spiro atoms. The Balaban J connectivity index is 1.96. The fourth-order valence-electron chi connectivity index (χ4n) is 1.98. The molecule has 2 aromatic rings. The summed E-state index contributed by atoms with van der Waals surface area (Å²) in [6, 6.07) is 5.86. The molecule has 0 saturated heterocycles. The van der Waals surface area contributed by atoms with Gasteiger partial charge in [-0.3, -0.25) is 4.90 Å². The summed E-state index contributed by atoms with van der Waals surface area (Å²) in [4.78, 5) is 12.1. The Bertz CT molecular complexity index is 728. The summed E-state index contributed by atoms with van der Waals surface area (Å²) in [5, 5.41) is 3.07. The van der Waals surface area contributed by atoms with Gasteiger partial charge in [-0.1, -0.05) is 5.92 Å². The van der Waals surface area contributed by atoms with Crippen LogP contribution in [0.1, 0.15) is 0 Å². The van der Waals surface area contributed by atoms with Gasteiger partial charge in [-0.25, -0.2) is 4.98 Å². The number of nitrogen functional groups attached to an aromatic ring is 1. The first-order valence-electron chi connectivity index (χ1n) is 6.19. The van der Waals surface area contributed by atoms with Gasteiger partial charge in [-0.2, -0.15) is 4.98 Å². The monoisotopic (exact) mass is 361 g/mol. The Morgan fingerprint density at radius 3 is 3.19 bits per heavy atom. The van der Waals surface area contributed by atoms with Gasteiger partial charge in [0.25, 0.3) is 0 Å². The molecule has 5 nitrogen and oxygen atoms in total. The zero-order valence-electron chi connectivity index (χ0n) is 11.0. The molecule has 0 unspecified atom stereocenters. The fourth-order valence-corrected chi connectivity index (χ4v) is 3.32. The number of aromatic nitrogens is 2. The molecule has 0 fully saturated rings. The summed E-state index contributed by atoms with van der Waals surface area (Å²) in [5.74, 6) is 4.59. The highest BCUT2D eigenvalue weighted by Gasteiger charge is 2.23. The van der Waals surface area contributed by atoms with E-state index in [1.807, 2.05) is 23.1 Å². The number of hydrogen-bond donors (Lipinski definition) is 2. The molecule has 1 aliphatic rings. The van der Waals surface area contributed by atoms with E-state index in [9.17, 15) is 0 Å². The number of fused-ring (bicyclic) bond motifs is 1. The Morgan fingerprint density at radius 2 is 2.38 bits per heavy atom. The van der Waals surface area contributed by atoms with E-state index in [-0.39, 0.29) is 0 Å². The van der Waals surface area contributed by atoms with Crippen LogP contribution in [0.5, 0.6) is 0 Å². The summed E-state index contributed by atoms with van der Waals surface area (Å²) < 4.78 is 0.779. The van der Waals surface area contributed by atoms with Gasteiger partial charge < -0.3 is 11.1 Å². The predicted molar refractivity (Wildman–Crippen MR) is 90.8 cm³/mol. The molecule has 0 aliphatic carbocycles. The molecular weight excluding hydrogens is 350 g/mol. The van der Waals surface area contributed by atoms with E-state index in [0.717, 1.165) is 21.7 Å². The molecule has 21 heavy (non-hydrogen) atoms. The molecule has 3 rings (SSSR count). The Kier molecular flexibility index (Phi) is 3.90. The normalized spacial score (nSPS) is 12.9. The van der Waals surface area contributed by atoms with Crippen molar-refractivity contribution in [3.05, 3.63) is 28.9 Å². The number of benzene rings is 1. The molecule has 7 heteroatoms. The smallest absolute Gasteiger partial charge is 0.232 e. The molecule has 0 atom stereocenters. The standard InChI is InChI=1S/C14H12BrN5S/c1-2-5-17-13-10(15)7-18-14(19-13)20-8-21-12-4-3-9(16)6-11(12)20/h1,3-4,6-7H,5,8,16H2,(H,17,18,19). The van der Waals surface area contributed by atoms with E-state index in [1.165, 1.54) is 4.90 Å². The zero-order valence-corrected chi connectivity index (χ0v) is 13.4. The third kappa shape index (κ3) is 2.77. The molecule has 106 valence electrons. The van der Waals surface area contributed by atoms with E-state index in [1.54, 1.807) is 18.0 Å². The van der Waals surface area contributed by atoms with Crippen LogP contribution in [0.4, 0.5) is 23.1 Å². The van der Waals surface area contributed by atoms with Crippen molar-refractivity contribution in [1.29, 1.82) is 0 Å². The number of nitrogens with zero attached hydrogens (tertiary/aromatic N) is 3. The van der Waals surface area contributed by atoms with Crippen molar-refractivity contribution in [2.45, 2.75) is 4.90 Å². The van der Waals surface area contributed by atoms with E-state index < -0.39 is 0 Å². The van der Waals surface area contributed by atoms with Gasteiger partial charge in [0, 0.05) is 16.8 Å². The number of hydrogen-bond acceptors (Lipinski definition) is 6. The summed E-state index contributed by atoms with van der Waals surface area (Å²) in [6.07, 6.45) is 6.99. The second-order valence-electron chi connectivity index (χ2n) is 4.35. The van der Waals surface area contributed by atoms with Crippen LogP contribution in [0.3, 0.4) is 0 Å². The van der Waals surface area contributed by atoms with Gasteiger partial charge in [0.15, 0.2) is 0 Å². The van der Waals surface area contributed by atoms with Crippen molar-refractivity contribution in [2.75, 3.05) is 28.4 Å². The summed E-state index contributed by atoms with van der Waals surface area (Å²) in [7, 11) is 0. The number of nitrogens with two attached hydrogens (primary N) is 1. The molecule has 1 aromatic carbocycles. The predicted octanol–water partition coefficient (Wildman–Crippen LogP) is 3.07. The lowest BCUT2D eigenvalue weighted by Crippen LogP contribution is -2.16. The molecule has 0 saturated carbocycles. The summed E-state index contributed by atoms with van der Waals surface area (Å²) in [5.41, 5.74) is 7.63. The van der Waals surface area contributed by atoms with Crippen LogP contribution < -0.4 is 16.0 Å². The first kappa shape index (κ1) is 14.0. The molecule has 1 aliphatic heterocycles. The lowest BCUT2D eigenvalue weighted by molar-refractivity contribution is 1.02. The second-order valence-corrected chi connectivity index (χ2v) is 6.19. The maximum atomic E-state index is 5.87. The summed E-state index contributed by atoms with van der Waals surface area (Å²) >= 11 is 5.15. The Labute approximate surface area is 135 Å². The van der Waals surface area contributed by atoms with Gasteiger partial charge in [0.05, 0.1) is 22.6 Å². The van der Waals surface area contributed by atoms with Gasteiger partial charge in [0.1, 0.15) is 5.82 Å². The van der Waals surface area contributed by atoms with E-state index in [4.69, 9.17) is 12.2 Å². The maximum absolute atomic E-state index is 5.87. The fraction of sp³-hybridized carbons (Fsp3) is 0.143. The highest BCUT2D eigenvalue weighted by atomic mass is 79.9. The minimum Gasteiger partial charge on any atom is -0.399 e. The van der Waals surface area contributed by atoms with Crippen molar-refractivity contribution < 1.29 is 0 Å². The number of thioether (sulfide) groups is 1. The minimum atomic E-state index is 0.410. The highest BCUT2D eigenvalue weighted by Crippen LogP contribution is 2.42. The van der Waals surface area contributed by atoms with Gasteiger partial charge in [-0.15, -0.1) is 18.2 Å². The van der Waals surface area contributed by atoms with Crippen LogP contribution in [0, 0.1) is 12.3 Å². The van der Waals surface area contributed by atoms with Crippen molar-refractivity contribution in [2.24, 2.45) is 0 Å². The summed E-state index contributed by atoms with van der Waals surface area (Å²) in [6.45, 7) is 0.410. The average Bonchev–Trinajstić information content (AvgIpc) is 2.89. The zero-order chi connectivity index (χ0) is 14.8. The van der Waals surface area contributed by atoms with Crippen molar-refractivity contribution in [3.8, 4) is 12.3 Å². The minimum absolute atomic E-state index is 0.410. The average molecular weight is 362 g/mol. The van der Waals surface area contributed by atoms with Crippen molar-refractivity contribution in [1.82, 2.24) is 9.97 Å². The molecule has 0 bridgehead atoms. The second kappa shape index (κ2) is 5.84.